The number of fused-ring (bicyclic) bond motifs is 1. The minimum absolute atomic E-state index is 0.161. The van der Waals surface area contributed by atoms with Crippen LogP contribution in [0.1, 0.15) is 17.3 Å². The van der Waals surface area contributed by atoms with Crippen molar-refractivity contribution in [3.8, 4) is 0 Å². The molecule has 2 N–H and O–H groups in total. The van der Waals surface area contributed by atoms with Crippen LogP contribution in [0.4, 0.5) is 10.3 Å². The highest BCUT2D eigenvalue weighted by Crippen LogP contribution is 2.10. The molecule has 0 radical (unpaired) electrons. The number of carbonyl (C=O) groups is 1. The van der Waals surface area contributed by atoms with E-state index in [4.69, 9.17) is 0 Å². The molecule has 0 spiro atoms. The summed E-state index contributed by atoms with van der Waals surface area (Å²) in [6, 6.07) is 12.3. The van der Waals surface area contributed by atoms with Gasteiger partial charge in [0, 0.05) is 12.1 Å². The van der Waals surface area contributed by atoms with Gasteiger partial charge in [0.05, 0.1) is 10.9 Å². The summed E-state index contributed by atoms with van der Waals surface area (Å²) < 4.78 is 14.6. The Bertz CT molecular complexity index is 968. The largest absolute Gasteiger partial charge is 0.277 e. The number of hydrogen-bond donors (Lipinski definition) is 2. The third-order valence-corrected chi connectivity index (χ3v) is 3.55. The second kappa shape index (κ2) is 6.49. The first-order chi connectivity index (χ1) is 11.6. The minimum atomic E-state index is -0.528. The lowest BCUT2D eigenvalue weighted by Crippen LogP contribution is -2.34. The SMILES string of the molecule is CCn1c(NNC(=O)c2cccc(F)c2)nc2ccccc2c1=O. The van der Waals surface area contributed by atoms with Crippen molar-refractivity contribution in [2.45, 2.75) is 13.5 Å². The van der Waals surface area contributed by atoms with E-state index in [1.807, 2.05) is 0 Å². The van der Waals surface area contributed by atoms with E-state index in [0.29, 0.717) is 17.4 Å². The van der Waals surface area contributed by atoms with E-state index >= 15 is 0 Å². The number of rotatable bonds is 4. The molecule has 0 atom stereocenters. The summed E-state index contributed by atoms with van der Waals surface area (Å²) in [6.07, 6.45) is 0. The average molecular weight is 326 g/mol. The molecule has 0 fully saturated rings. The highest BCUT2D eigenvalue weighted by Gasteiger charge is 2.11. The normalized spacial score (nSPS) is 10.6. The molecule has 2 aromatic carbocycles. The van der Waals surface area contributed by atoms with Gasteiger partial charge < -0.3 is 0 Å². The Morgan fingerprint density at radius 2 is 2.00 bits per heavy atom. The topological polar surface area (TPSA) is 76.0 Å². The zero-order chi connectivity index (χ0) is 17.1. The molecule has 0 aliphatic rings. The van der Waals surface area contributed by atoms with Crippen LogP contribution < -0.4 is 16.4 Å². The maximum absolute atomic E-state index is 13.2. The van der Waals surface area contributed by atoms with Crippen LogP contribution in [0, 0.1) is 5.82 Å². The summed E-state index contributed by atoms with van der Waals surface area (Å²) in [6.45, 7) is 2.19. The van der Waals surface area contributed by atoms with E-state index in [-0.39, 0.29) is 17.1 Å². The fourth-order valence-corrected chi connectivity index (χ4v) is 2.37. The molecule has 3 aromatic rings. The molecule has 0 saturated heterocycles. The molecule has 0 saturated carbocycles. The third-order valence-electron chi connectivity index (χ3n) is 3.55. The van der Waals surface area contributed by atoms with Gasteiger partial charge in [-0.1, -0.05) is 18.2 Å². The quantitative estimate of drug-likeness (QED) is 0.722. The van der Waals surface area contributed by atoms with Crippen LogP contribution in [0.3, 0.4) is 0 Å². The van der Waals surface area contributed by atoms with Gasteiger partial charge in [0.2, 0.25) is 5.95 Å². The zero-order valence-electron chi connectivity index (χ0n) is 12.9. The Morgan fingerprint density at radius 1 is 1.21 bits per heavy atom. The number of amides is 1. The molecule has 6 nitrogen and oxygen atoms in total. The fraction of sp³-hybridized carbons (Fsp3) is 0.118. The van der Waals surface area contributed by atoms with Crippen molar-refractivity contribution < 1.29 is 9.18 Å². The Kier molecular flexibility index (Phi) is 4.24. The van der Waals surface area contributed by atoms with Gasteiger partial charge in [-0.3, -0.25) is 25.0 Å². The van der Waals surface area contributed by atoms with Gasteiger partial charge in [-0.15, -0.1) is 0 Å². The molecule has 1 aromatic heterocycles. The maximum Gasteiger partial charge on any atom is 0.269 e. The monoisotopic (exact) mass is 326 g/mol. The van der Waals surface area contributed by atoms with Crippen LogP contribution in [0.25, 0.3) is 10.9 Å². The van der Waals surface area contributed by atoms with Gasteiger partial charge in [-0.25, -0.2) is 9.37 Å². The molecular formula is C17H15FN4O2. The number of nitrogens with zero attached hydrogens (tertiary/aromatic N) is 2. The third kappa shape index (κ3) is 2.96. The van der Waals surface area contributed by atoms with E-state index in [0.717, 1.165) is 6.07 Å². The smallest absolute Gasteiger partial charge is 0.269 e. The molecule has 0 bridgehead atoms. The van der Waals surface area contributed by atoms with Crippen molar-refractivity contribution in [2.24, 2.45) is 0 Å². The first-order valence-electron chi connectivity index (χ1n) is 7.41. The van der Waals surface area contributed by atoms with E-state index in [9.17, 15) is 14.0 Å². The summed E-state index contributed by atoms with van der Waals surface area (Å²) >= 11 is 0. The Morgan fingerprint density at radius 3 is 2.75 bits per heavy atom. The zero-order valence-corrected chi connectivity index (χ0v) is 12.9. The highest BCUT2D eigenvalue weighted by molar-refractivity contribution is 5.94. The molecule has 0 aliphatic carbocycles. The molecule has 122 valence electrons. The predicted octanol–water partition coefficient (Wildman–Crippen LogP) is 2.31. The van der Waals surface area contributed by atoms with Crippen molar-refractivity contribution in [3.63, 3.8) is 0 Å². The Balaban J connectivity index is 1.90. The van der Waals surface area contributed by atoms with Crippen LogP contribution in [-0.2, 0) is 6.54 Å². The number of aromatic nitrogens is 2. The van der Waals surface area contributed by atoms with Crippen molar-refractivity contribution >= 4 is 22.8 Å². The standard InChI is InChI=1S/C17H15FN4O2/c1-2-22-16(24)13-8-3-4-9-14(13)19-17(22)21-20-15(23)11-6-5-7-12(18)10-11/h3-10H,2H2,1H3,(H,19,21)(H,20,23). The van der Waals surface area contributed by atoms with Crippen LogP contribution in [0.2, 0.25) is 0 Å². The van der Waals surface area contributed by atoms with E-state index < -0.39 is 11.7 Å². The summed E-state index contributed by atoms with van der Waals surface area (Å²) in [5.74, 6) is -0.817. The highest BCUT2D eigenvalue weighted by atomic mass is 19.1. The molecule has 7 heteroatoms. The second-order valence-corrected chi connectivity index (χ2v) is 5.09. The number of anilines is 1. The van der Waals surface area contributed by atoms with Gasteiger partial charge in [-0.2, -0.15) is 0 Å². The minimum Gasteiger partial charge on any atom is -0.277 e. The summed E-state index contributed by atoms with van der Waals surface area (Å²) in [5.41, 5.74) is 5.56. The van der Waals surface area contributed by atoms with Gasteiger partial charge in [-0.05, 0) is 37.3 Å². The first-order valence-corrected chi connectivity index (χ1v) is 7.41. The number of benzene rings is 2. The number of carbonyl (C=O) groups excluding carboxylic acids is 1. The average Bonchev–Trinajstić information content (AvgIpc) is 2.60. The molecule has 0 aliphatic heterocycles. The lowest BCUT2D eigenvalue weighted by atomic mass is 10.2. The van der Waals surface area contributed by atoms with Crippen LogP contribution in [0.15, 0.2) is 53.3 Å². The van der Waals surface area contributed by atoms with Gasteiger partial charge in [0.25, 0.3) is 11.5 Å². The van der Waals surface area contributed by atoms with Crippen molar-refractivity contribution in [1.82, 2.24) is 15.0 Å². The van der Waals surface area contributed by atoms with Gasteiger partial charge >= 0.3 is 0 Å². The summed E-state index contributed by atoms with van der Waals surface area (Å²) in [7, 11) is 0. The molecular weight excluding hydrogens is 311 g/mol. The number of hydrazine groups is 1. The van der Waals surface area contributed by atoms with Gasteiger partial charge in [0.1, 0.15) is 5.82 Å². The maximum atomic E-state index is 13.2. The van der Waals surface area contributed by atoms with Crippen molar-refractivity contribution in [3.05, 3.63) is 70.3 Å². The molecule has 1 heterocycles. The van der Waals surface area contributed by atoms with Crippen molar-refractivity contribution in [1.29, 1.82) is 0 Å². The number of hydrogen-bond acceptors (Lipinski definition) is 4. The molecule has 3 rings (SSSR count). The lowest BCUT2D eigenvalue weighted by molar-refractivity contribution is 0.0961. The summed E-state index contributed by atoms with van der Waals surface area (Å²) in [5, 5.41) is 0.501. The molecule has 24 heavy (non-hydrogen) atoms. The van der Waals surface area contributed by atoms with Crippen molar-refractivity contribution in [2.75, 3.05) is 5.43 Å². The second-order valence-electron chi connectivity index (χ2n) is 5.09. The first kappa shape index (κ1) is 15.7. The van der Waals surface area contributed by atoms with Gasteiger partial charge in [0.15, 0.2) is 0 Å². The van der Waals surface area contributed by atoms with Crippen LogP contribution in [0.5, 0.6) is 0 Å². The Labute approximate surface area is 136 Å². The number of halogens is 1. The molecule has 0 unspecified atom stereocenters. The molecule has 1 amide bonds. The predicted molar refractivity (Wildman–Crippen MR) is 89.2 cm³/mol. The fourth-order valence-electron chi connectivity index (χ4n) is 2.37. The number of nitrogens with one attached hydrogen (secondary N) is 2. The Hall–Kier alpha value is -3.22. The number of para-hydroxylation sites is 1. The lowest BCUT2D eigenvalue weighted by Gasteiger charge is -2.14. The van der Waals surface area contributed by atoms with E-state index in [2.05, 4.69) is 15.8 Å². The van der Waals surface area contributed by atoms with Crippen LogP contribution >= 0.6 is 0 Å². The van der Waals surface area contributed by atoms with E-state index in [1.165, 1.54) is 22.8 Å². The summed E-state index contributed by atoms with van der Waals surface area (Å²) in [4.78, 5) is 28.9. The van der Waals surface area contributed by atoms with E-state index in [1.54, 1.807) is 31.2 Å². The van der Waals surface area contributed by atoms with Crippen LogP contribution in [-0.4, -0.2) is 15.5 Å².